The largest absolute Gasteiger partial charge is 0.356 e. The number of aryl methyl sites for hydroxylation is 1. The Kier molecular flexibility index (Phi) is 6.54. The number of hydrogen-bond acceptors (Lipinski definition) is 4. The first-order valence-electron chi connectivity index (χ1n) is 8.03. The van der Waals surface area contributed by atoms with Crippen LogP contribution in [0.2, 0.25) is 0 Å². The molecule has 0 bridgehead atoms. The normalized spacial score (nSPS) is 18.4. The van der Waals surface area contributed by atoms with Crippen molar-refractivity contribution < 1.29 is 0 Å². The molecule has 124 valence electrons. The lowest BCUT2D eigenvalue weighted by Gasteiger charge is -2.25. The molecule has 0 saturated carbocycles. The van der Waals surface area contributed by atoms with Crippen LogP contribution in [0.3, 0.4) is 0 Å². The van der Waals surface area contributed by atoms with E-state index in [0.29, 0.717) is 12.0 Å². The van der Waals surface area contributed by atoms with Crippen LogP contribution in [0, 0.1) is 0 Å². The van der Waals surface area contributed by atoms with Gasteiger partial charge in [0.2, 0.25) is 0 Å². The molecular formula is C15H28N6S. The fourth-order valence-electron chi connectivity index (χ4n) is 2.50. The van der Waals surface area contributed by atoms with Gasteiger partial charge in [-0.15, -0.1) is 0 Å². The Bertz CT molecular complexity index is 496. The molecule has 2 rings (SSSR count). The lowest BCUT2D eigenvalue weighted by molar-refractivity contribution is 0.391. The molecule has 1 aliphatic rings. The first-order valence-corrected chi connectivity index (χ1v) is 9.43. The first kappa shape index (κ1) is 17.1. The first-order chi connectivity index (χ1) is 10.6. The molecular weight excluding hydrogens is 296 g/mol. The highest BCUT2D eigenvalue weighted by atomic mass is 32.2. The van der Waals surface area contributed by atoms with Crippen LogP contribution < -0.4 is 10.6 Å². The van der Waals surface area contributed by atoms with Crippen LogP contribution in [-0.4, -0.2) is 52.4 Å². The molecule has 2 heterocycles. The van der Waals surface area contributed by atoms with Gasteiger partial charge in [0.15, 0.2) is 11.8 Å². The van der Waals surface area contributed by atoms with Gasteiger partial charge < -0.3 is 10.6 Å². The zero-order chi connectivity index (χ0) is 15.9. The number of aromatic nitrogens is 3. The molecule has 1 aromatic heterocycles. The van der Waals surface area contributed by atoms with Crippen molar-refractivity contribution in [2.45, 2.75) is 51.6 Å². The average molecular weight is 324 g/mol. The SMILES string of the molecule is CN=C(NCCCSC)NC1CCc2nc(C(C)C)nn2C1. The highest BCUT2D eigenvalue weighted by Crippen LogP contribution is 2.16. The van der Waals surface area contributed by atoms with E-state index in [1.54, 1.807) is 0 Å². The number of fused-ring (bicyclic) bond motifs is 1. The van der Waals surface area contributed by atoms with E-state index >= 15 is 0 Å². The Morgan fingerprint density at radius 1 is 1.50 bits per heavy atom. The van der Waals surface area contributed by atoms with E-state index in [4.69, 9.17) is 0 Å². The van der Waals surface area contributed by atoms with Crippen molar-refractivity contribution in [3.05, 3.63) is 11.6 Å². The molecule has 7 heteroatoms. The summed E-state index contributed by atoms with van der Waals surface area (Å²) in [5, 5.41) is 11.5. The van der Waals surface area contributed by atoms with Crippen LogP contribution in [0.25, 0.3) is 0 Å². The van der Waals surface area contributed by atoms with Gasteiger partial charge in [0.1, 0.15) is 5.82 Å². The molecule has 1 atom stereocenters. The maximum atomic E-state index is 4.63. The molecule has 0 saturated heterocycles. The van der Waals surface area contributed by atoms with Crippen molar-refractivity contribution in [3.63, 3.8) is 0 Å². The van der Waals surface area contributed by atoms with E-state index in [0.717, 1.165) is 50.0 Å². The van der Waals surface area contributed by atoms with Crippen LogP contribution in [0.5, 0.6) is 0 Å². The molecule has 0 amide bonds. The van der Waals surface area contributed by atoms with Crippen LogP contribution in [-0.2, 0) is 13.0 Å². The summed E-state index contributed by atoms with van der Waals surface area (Å²) in [6.07, 6.45) is 5.33. The third kappa shape index (κ3) is 4.63. The summed E-state index contributed by atoms with van der Waals surface area (Å²) in [6.45, 7) is 6.09. The molecule has 0 aromatic carbocycles. The zero-order valence-electron chi connectivity index (χ0n) is 14.1. The van der Waals surface area contributed by atoms with Gasteiger partial charge >= 0.3 is 0 Å². The van der Waals surface area contributed by atoms with Gasteiger partial charge in [-0.3, -0.25) is 4.99 Å². The summed E-state index contributed by atoms with van der Waals surface area (Å²) in [7, 11) is 1.82. The predicted octanol–water partition coefficient (Wildman–Crippen LogP) is 1.63. The van der Waals surface area contributed by atoms with Crippen molar-refractivity contribution in [1.29, 1.82) is 0 Å². The van der Waals surface area contributed by atoms with E-state index < -0.39 is 0 Å². The number of guanidine groups is 1. The predicted molar refractivity (Wildman–Crippen MR) is 93.7 cm³/mol. The van der Waals surface area contributed by atoms with Crippen molar-refractivity contribution in [3.8, 4) is 0 Å². The maximum Gasteiger partial charge on any atom is 0.191 e. The van der Waals surface area contributed by atoms with Gasteiger partial charge in [0, 0.05) is 32.0 Å². The Morgan fingerprint density at radius 3 is 3.00 bits per heavy atom. The van der Waals surface area contributed by atoms with Gasteiger partial charge in [-0.05, 0) is 24.9 Å². The minimum atomic E-state index is 0.362. The molecule has 2 N–H and O–H groups in total. The van der Waals surface area contributed by atoms with Gasteiger partial charge in [0.05, 0.1) is 6.54 Å². The summed E-state index contributed by atoms with van der Waals surface area (Å²) in [4.78, 5) is 8.94. The van der Waals surface area contributed by atoms with E-state index in [9.17, 15) is 0 Å². The van der Waals surface area contributed by atoms with E-state index in [1.807, 2.05) is 18.8 Å². The van der Waals surface area contributed by atoms with Gasteiger partial charge in [-0.1, -0.05) is 13.8 Å². The number of nitrogens with zero attached hydrogens (tertiary/aromatic N) is 4. The van der Waals surface area contributed by atoms with Crippen molar-refractivity contribution in [1.82, 2.24) is 25.4 Å². The van der Waals surface area contributed by atoms with Crippen molar-refractivity contribution in [2.24, 2.45) is 4.99 Å². The Labute approximate surface area is 137 Å². The summed E-state index contributed by atoms with van der Waals surface area (Å²) in [5.74, 6) is 4.52. The molecule has 6 nitrogen and oxygen atoms in total. The molecule has 0 aliphatic carbocycles. The fraction of sp³-hybridized carbons (Fsp3) is 0.800. The van der Waals surface area contributed by atoms with Gasteiger partial charge in [0.25, 0.3) is 0 Å². The second kappa shape index (κ2) is 8.41. The number of thioether (sulfide) groups is 1. The van der Waals surface area contributed by atoms with Crippen LogP contribution in [0.1, 0.15) is 44.3 Å². The number of aliphatic imine (C=N–C) groups is 1. The second-order valence-corrected chi connectivity index (χ2v) is 6.93. The molecule has 0 radical (unpaired) electrons. The Morgan fingerprint density at radius 2 is 2.32 bits per heavy atom. The van der Waals surface area contributed by atoms with E-state index in [-0.39, 0.29) is 0 Å². The fourth-order valence-corrected chi connectivity index (χ4v) is 2.93. The number of rotatable bonds is 6. The maximum absolute atomic E-state index is 4.63. The summed E-state index contributed by atoms with van der Waals surface area (Å²) >= 11 is 1.87. The smallest absolute Gasteiger partial charge is 0.191 e. The highest BCUT2D eigenvalue weighted by molar-refractivity contribution is 7.98. The highest BCUT2D eigenvalue weighted by Gasteiger charge is 2.22. The molecule has 0 spiro atoms. The minimum absolute atomic E-state index is 0.362. The standard InChI is InChI=1S/C15H28N6S/c1-11(2)14-19-13-7-6-12(10-21(13)20-14)18-15(16-3)17-8-5-9-22-4/h11-12H,5-10H2,1-4H3,(H2,16,17,18). The summed E-state index contributed by atoms with van der Waals surface area (Å²) in [6, 6.07) is 0.362. The molecule has 22 heavy (non-hydrogen) atoms. The molecule has 1 unspecified atom stereocenters. The topological polar surface area (TPSA) is 67.1 Å². The van der Waals surface area contributed by atoms with Crippen LogP contribution >= 0.6 is 11.8 Å². The lowest BCUT2D eigenvalue weighted by Crippen LogP contribution is -2.47. The number of nitrogens with one attached hydrogen (secondary N) is 2. The zero-order valence-corrected chi connectivity index (χ0v) is 14.9. The number of hydrogen-bond donors (Lipinski definition) is 2. The average Bonchev–Trinajstić information content (AvgIpc) is 2.93. The quantitative estimate of drug-likeness (QED) is 0.473. The summed E-state index contributed by atoms with van der Waals surface area (Å²) in [5.41, 5.74) is 0. The molecule has 1 aromatic rings. The van der Waals surface area contributed by atoms with Crippen LogP contribution in [0.4, 0.5) is 0 Å². The lowest BCUT2D eigenvalue weighted by atomic mass is 10.1. The molecule has 1 aliphatic heterocycles. The van der Waals surface area contributed by atoms with Crippen molar-refractivity contribution >= 4 is 17.7 Å². The van der Waals surface area contributed by atoms with Crippen molar-refractivity contribution in [2.75, 3.05) is 25.6 Å². The van der Waals surface area contributed by atoms with Gasteiger partial charge in [-0.2, -0.15) is 16.9 Å². The third-order valence-corrected chi connectivity index (χ3v) is 4.47. The Balaban J connectivity index is 1.86. The molecule has 0 fully saturated rings. The Hall–Kier alpha value is -1.24. The third-order valence-electron chi connectivity index (χ3n) is 3.77. The minimum Gasteiger partial charge on any atom is -0.356 e. The van der Waals surface area contributed by atoms with Crippen LogP contribution in [0.15, 0.2) is 4.99 Å². The second-order valence-electron chi connectivity index (χ2n) is 5.95. The van der Waals surface area contributed by atoms with Gasteiger partial charge in [-0.25, -0.2) is 9.67 Å². The van der Waals surface area contributed by atoms with E-state index in [1.165, 1.54) is 5.75 Å². The monoisotopic (exact) mass is 324 g/mol. The summed E-state index contributed by atoms with van der Waals surface area (Å²) < 4.78 is 2.05. The van der Waals surface area contributed by atoms with E-state index in [2.05, 4.69) is 50.5 Å².